The molecule has 1 N–H and O–H groups in total. The first-order valence-electron chi connectivity index (χ1n) is 4.25. The van der Waals surface area contributed by atoms with Crippen molar-refractivity contribution < 1.29 is 8.42 Å². The number of nitrogens with one attached hydrogen (secondary N) is 1. The van der Waals surface area contributed by atoms with E-state index in [2.05, 4.69) is 15.3 Å². The third-order valence-electron chi connectivity index (χ3n) is 1.56. The molecular formula is C8H13N3O2S. The van der Waals surface area contributed by atoms with Crippen molar-refractivity contribution in [2.24, 2.45) is 0 Å². The van der Waals surface area contributed by atoms with Crippen molar-refractivity contribution in [2.45, 2.75) is 6.42 Å². The van der Waals surface area contributed by atoms with Gasteiger partial charge >= 0.3 is 0 Å². The van der Waals surface area contributed by atoms with E-state index in [4.69, 9.17) is 0 Å². The molecule has 0 aliphatic rings. The van der Waals surface area contributed by atoms with Crippen molar-refractivity contribution in [1.82, 2.24) is 9.97 Å². The van der Waals surface area contributed by atoms with Gasteiger partial charge < -0.3 is 5.32 Å². The van der Waals surface area contributed by atoms with Crippen LogP contribution in [0.25, 0.3) is 0 Å². The number of sulfone groups is 1. The zero-order valence-electron chi connectivity index (χ0n) is 7.97. The minimum atomic E-state index is -2.85. The summed E-state index contributed by atoms with van der Waals surface area (Å²) < 4.78 is 21.6. The molecule has 78 valence electrons. The molecular weight excluding hydrogens is 202 g/mol. The maximum atomic E-state index is 10.8. The van der Waals surface area contributed by atoms with Crippen molar-refractivity contribution >= 4 is 15.7 Å². The number of aromatic nitrogens is 2. The molecule has 5 nitrogen and oxygen atoms in total. The molecule has 1 aromatic heterocycles. The van der Waals surface area contributed by atoms with E-state index in [9.17, 15) is 8.42 Å². The average molecular weight is 215 g/mol. The normalized spacial score (nSPS) is 11.2. The smallest absolute Gasteiger partial charge is 0.147 e. The van der Waals surface area contributed by atoms with Crippen LogP contribution in [-0.2, 0) is 9.84 Å². The lowest BCUT2D eigenvalue weighted by Gasteiger charge is -2.03. The molecule has 0 amide bonds. The predicted octanol–water partition coefficient (Wildman–Crippen LogP) is 0.323. The van der Waals surface area contributed by atoms with Crippen LogP contribution in [0, 0.1) is 0 Å². The lowest BCUT2D eigenvalue weighted by Crippen LogP contribution is -2.10. The molecule has 0 saturated carbocycles. The molecule has 1 aromatic rings. The standard InChI is InChI=1S/C8H13N3O2S/c1-14(12,13)6-2-3-10-8-7-9-4-5-11-8/h4-5,7H,2-3,6H2,1H3,(H,10,11). The van der Waals surface area contributed by atoms with Gasteiger partial charge in [-0.05, 0) is 6.42 Å². The Hall–Kier alpha value is -1.17. The van der Waals surface area contributed by atoms with E-state index >= 15 is 0 Å². The fourth-order valence-electron chi connectivity index (χ4n) is 0.941. The minimum absolute atomic E-state index is 0.195. The van der Waals surface area contributed by atoms with Gasteiger partial charge in [0.15, 0.2) is 0 Å². The van der Waals surface area contributed by atoms with Gasteiger partial charge in [-0.25, -0.2) is 13.4 Å². The van der Waals surface area contributed by atoms with E-state index in [1.165, 1.54) is 6.26 Å². The summed E-state index contributed by atoms with van der Waals surface area (Å²) in [5.41, 5.74) is 0. The summed E-state index contributed by atoms with van der Waals surface area (Å²) in [6.07, 6.45) is 6.58. The zero-order chi connectivity index (χ0) is 10.4. The highest BCUT2D eigenvalue weighted by Gasteiger charge is 2.00. The van der Waals surface area contributed by atoms with Crippen LogP contribution in [0.5, 0.6) is 0 Å². The first kappa shape index (κ1) is 10.9. The van der Waals surface area contributed by atoms with Gasteiger partial charge in [0.2, 0.25) is 0 Å². The molecule has 0 aliphatic carbocycles. The second-order valence-electron chi connectivity index (χ2n) is 3.00. The van der Waals surface area contributed by atoms with Gasteiger partial charge in [0.1, 0.15) is 15.7 Å². The van der Waals surface area contributed by atoms with Crippen molar-refractivity contribution in [2.75, 3.05) is 23.9 Å². The quantitative estimate of drug-likeness (QED) is 0.716. The van der Waals surface area contributed by atoms with Crippen LogP contribution >= 0.6 is 0 Å². The maximum Gasteiger partial charge on any atom is 0.147 e. The third-order valence-corrected chi connectivity index (χ3v) is 2.59. The van der Waals surface area contributed by atoms with Crippen LogP contribution in [0.2, 0.25) is 0 Å². The Labute approximate surface area is 83.5 Å². The molecule has 0 aliphatic heterocycles. The van der Waals surface area contributed by atoms with E-state index in [0.717, 1.165) is 0 Å². The first-order valence-corrected chi connectivity index (χ1v) is 6.31. The van der Waals surface area contributed by atoms with E-state index in [1.807, 2.05) is 0 Å². The molecule has 0 radical (unpaired) electrons. The Balaban J connectivity index is 2.23. The van der Waals surface area contributed by atoms with Crippen LogP contribution < -0.4 is 5.32 Å². The molecule has 1 rings (SSSR count). The number of hydrogen-bond donors (Lipinski definition) is 1. The second-order valence-corrected chi connectivity index (χ2v) is 5.26. The third kappa shape index (κ3) is 4.76. The van der Waals surface area contributed by atoms with Gasteiger partial charge in [-0.3, -0.25) is 4.98 Å². The Bertz CT molecular complexity index is 363. The number of anilines is 1. The molecule has 0 spiro atoms. The van der Waals surface area contributed by atoms with Gasteiger partial charge in [-0.2, -0.15) is 0 Å². The number of nitrogens with zero attached hydrogens (tertiary/aromatic N) is 2. The van der Waals surface area contributed by atoms with E-state index in [0.29, 0.717) is 18.8 Å². The Kier molecular flexibility index (Phi) is 3.82. The van der Waals surface area contributed by atoms with Crippen LogP contribution in [0.3, 0.4) is 0 Å². The monoisotopic (exact) mass is 215 g/mol. The molecule has 0 saturated heterocycles. The van der Waals surface area contributed by atoms with Gasteiger partial charge in [-0.15, -0.1) is 0 Å². The summed E-state index contributed by atoms with van der Waals surface area (Å²) in [4.78, 5) is 7.86. The fourth-order valence-corrected chi connectivity index (χ4v) is 1.61. The topological polar surface area (TPSA) is 72.0 Å². The summed E-state index contributed by atoms with van der Waals surface area (Å²) in [6.45, 7) is 0.589. The summed E-state index contributed by atoms with van der Waals surface area (Å²) in [7, 11) is -2.85. The largest absolute Gasteiger partial charge is 0.369 e. The van der Waals surface area contributed by atoms with Crippen molar-refractivity contribution in [3.05, 3.63) is 18.6 Å². The average Bonchev–Trinajstić information content (AvgIpc) is 2.13. The van der Waals surface area contributed by atoms with Gasteiger partial charge in [0.05, 0.1) is 11.9 Å². The molecule has 0 atom stereocenters. The van der Waals surface area contributed by atoms with Crippen LogP contribution in [0.4, 0.5) is 5.82 Å². The number of hydrogen-bond acceptors (Lipinski definition) is 5. The summed E-state index contributed by atoms with van der Waals surface area (Å²) >= 11 is 0. The zero-order valence-corrected chi connectivity index (χ0v) is 8.79. The fraction of sp³-hybridized carbons (Fsp3) is 0.500. The van der Waals surface area contributed by atoms with E-state index in [1.54, 1.807) is 18.6 Å². The Morgan fingerprint density at radius 1 is 1.43 bits per heavy atom. The summed E-state index contributed by atoms with van der Waals surface area (Å²) in [6, 6.07) is 0. The van der Waals surface area contributed by atoms with E-state index in [-0.39, 0.29) is 5.75 Å². The van der Waals surface area contributed by atoms with Gasteiger partial charge in [0.25, 0.3) is 0 Å². The molecule has 0 fully saturated rings. The van der Waals surface area contributed by atoms with Crippen molar-refractivity contribution in [1.29, 1.82) is 0 Å². The summed E-state index contributed by atoms with van der Waals surface area (Å²) in [5.74, 6) is 0.862. The molecule has 14 heavy (non-hydrogen) atoms. The molecule has 6 heteroatoms. The summed E-state index contributed by atoms with van der Waals surface area (Å²) in [5, 5.41) is 2.98. The van der Waals surface area contributed by atoms with Gasteiger partial charge in [0, 0.05) is 25.2 Å². The van der Waals surface area contributed by atoms with Crippen LogP contribution in [-0.4, -0.2) is 36.9 Å². The molecule has 0 bridgehead atoms. The van der Waals surface area contributed by atoms with Crippen molar-refractivity contribution in [3.63, 3.8) is 0 Å². The molecule has 1 heterocycles. The predicted molar refractivity (Wildman–Crippen MR) is 54.8 cm³/mol. The first-order chi connectivity index (χ1) is 6.58. The van der Waals surface area contributed by atoms with Crippen molar-refractivity contribution in [3.8, 4) is 0 Å². The van der Waals surface area contributed by atoms with Crippen LogP contribution in [0.15, 0.2) is 18.6 Å². The highest BCUT2D eigenvalue weighted by molar-refractivity contribution is 7.90. The highest BCUT2D eigenvalue weighted by Crippen LogP contribution is 1.97. The molecule has 0 aromatic carbocycles. The van der Waals surface area contributed by atoms with E-state index < -0.39 is 9.84 Å². The minimum Gasteiger partial charge on any atom is -0.369 e. The lowest BCUT2D eigenvalue weighted by molar-refractivity contribution is 0.600. The SMILES string of the molecule is CS(=O)(=O)CCCNc1cnccn1. The van der Waals surface area contributed by atoms with Crippen LogP contribution in [0.1, 0.15) is 6.42 Å². The number of rotatable bonds is 5. The second kappa shape index (κ2) is 4.90. The highest BCUT2D eigenvalue weighted by atomic mass is 32.2. The Morgan fingerprint density at radius 2 is 2.21 bits per heavy atom. The lowest BCUT2D eigenvalue weighted by atomic mass is 10.5. The van der Waals surface area contributed by atoms with Gasteiger partial charge in [-0.1, -0.05) is 0 Å². The Morgan fingerprint density at radius 3 is 2.79 bits per heavy atom. The maximum absolute atomic E-state index is 10.8. The molecule has 0 unspecified atom stereocenters.